The van der Waals surface area contributed by atoms with Crippen molar-refractivity contribution in [1.29, 1.82) is 0 Å². The molecule has 2 amide bonds. The summed E-state index contributed by atoms with van der Waals surface area (Å²) in [5.74, 6) is -0.0343. The van der Waals surface area contributed by atoms with Crippen molar-refractivity contribution in [3.63, 3.8) is 0 Å². The summed E-state index contributed by atoms with van der Waals surface area (Å²) in [6.45, 7) is 5.55. The molecule has 2 aromatic heterocycles. The van der Waals surface area contributed by atoms with Crippen LogP contribution < -0.4 is 5.32 Å². The largest absolute Gasteiger partial charge is 0.381 e. The lowest BCUT2D eigenvalue weighted by Crippen LogP contribution is -2.38. The van der Waals surface area contributed by atoms with E-state index >= 15 is 4.39 Å². The van der Waals surface area contributed by atoms with Crippen LogP contribution in [-0.2, 0) is 16.1 Å². The van der Waals surface area contributed by atoms with Crippen LogP contribution in [-0.4, -0.2) is 63.8 Å². The maximum Gasteiger partial charge on any atom is 0.270 e. The average Bonchev–Trinajstić information content (AvgIpc) is 3.60. The van der Waals surface area contributed by atoms with Gasteiger partial charge in [0.05, 0.1) is 18.2 Å². The van der Waals surface area contributed by atoms with Crippen LogP contribution in [0.15, 0.2) is 24.4 Å². The second-order valence-corrected chi connectivity index (χ2v) is 11.3. The van der Waals surface area contributed by atoms with Gasteiger partial charge in [0.15, 0.2) is 5.82 Å². The average molecular weight is 539 g/mol. The number of hydrogen-bond donors (Lipinski definition) is 2. The van der Waals surface area contributed by atoms with Crippen LogP contribution in [0.1, 0.15) is 79.8 Å². The molecule has 0 bridgehead atoms. The normalized spacial score (nSPS) is 24.4. The van der Waals surface area contributed by atoms with Crippen molar-refractivity contribution >= 4 is 22.8 Å². The van der Waals surface area contributed by atoms with E-state index in [4.69, 9.17) is 9.72 Å². The Labute approximate surface area is 228 Å². The Bertz CT molecular complexity index is 1330. The molecule has 2 unspecified atom stereocenters. The second-order valence-electron chi connectivity index (χ2n) is 11.3. The maximum atomic E-state index is 16.1. The van der Waals surface area contributed by atoms with Gasteiger partial charge in [0, 0.05) is 45.3 Å². The fraction of sp³-hybridized carbons (Fsp3) is 0.586. The molecular formula is C29H39FN6O3. The van der Waals surface area contributed by atoms with E-state index < -0.39 is 5.82 Å². The Morgan fingerprint density at radius 1 is 1.21 bits per heavy atom. The molecular weight excluding hydrogens is 499 g/mol. The molecule has 1 saturated carbocycles. The van der Waals surface area contributed by atoms with Crippen molar-refractivity contribution in [3.05, 3.63) is 47.3 Å². The molecule has 2 aliphatic rings. The summed E-state index contributed by atoms with van der Waals surface area (Å²) in [5.41, 5.74) is 1.73. The number of nitrogens with one attached hydrogen (secondary N) is 2. The van der Waals surface area contributed by atoms with Crippen LogP contribution in [0.3, 0.4) is 0 Å². The quantitative estimate of drug-likeness (QED) is 0.463. The minimum atomic E-state index is -0.437. The van der Waals surface area contributed by atoms with Crippen molar-refractivity contribution in [3.8, 4) is 0 Å². The number of H-pyrrole nitrogens is 1. The molecule has 1 aliphatic carbocycles. The molecule has 9 nitrogen and oxygen atoms in total. The topological polar surface area (TPSA) is 105 Å². The molecule has 10 heteroatoms. The third kappa shape index (κ3) is 5.44. The van der Waals surface area contributed by atoms with Gasteiger partial charge in [0.2, 0.25) is 5.91 Å². The monoisotopic (exact) mass is 538 g/mol. The number of aromatic amines is 1. The summed E-state index contributed by atoms with van der Waals surface area (Å²) in [4.78, 5) is 35.8. The van der Waals surface area contributed by atoms with Gasteiger partial charge >= 0.3 is 0 Å². The number of aromatic nitrogens is 4. The Hall–Kier alpha value is -3.27. The van der Waals surface area contributed by atoms with Gasteiger partial charge in [0.1, 0.15) is 17.0 Å². The first-order valence-corrected chi connectivity index (χ1v) is 14.1. The van der Waals surface area contributed by atoms with Crippen molar-refractivity contribution in [1.82, 2.24) is 30.0 Å². The highest BCUT2D eigenvalue weighted by atomic mass is 19.1. The summed E-state index contributed by atoms with van der Waals surface area (Å²) >= 11 is 0. The van der Waals surface area contributed by atoms with E-state index in [1.54, 1.807) is 42.0 Å². The lowest BCUT2D eigenvalue weighted by molar-refractivity contribution is -0.137. The Morgan fingerprint density at radius 2 is 1.97 bits per heavy atom. The van der Waals surface area contributed by atoms with Gasteiger partial charge in [-0.25, -0.2) is 9.37 Å². The second kappa shape index (κ2) is 11.5. The number of carbonyl (C=O) groups is 2. The molecule has 1 aliphatic heterocycles. The van der Waals surface area contributed by atoms with Crippen LogP contribution >= 0.6 is 0 Å². The van der Waals surface area contributed by atoms with Gasteiger partial charge in [-0.05, 0) is 55.7 Å². The number of carbonyl (C=O) groups excluding carboxylic acids is 2. The SMILES string of the molecule is CCn1nccc1C(=O)N[C@H](c1nc2c(F)c(C3COCCC3C(=O)N(C)C)ccc2[nH]1)[C@H]1CC[C@H](C)CC1. The molecule has 0 radical (unpaired) electrons. The zero-order valence-corrected chi connectivity index (χ0v) is 23.2. The van der Waals surface area contributed by atoms with Crippen LogP contribution in [0.25, 0.3) is 11.0 Å². The Morgan fingerprint density at radius 3 is 2.69 bits per heavy atom. The molecule has 1 aromatic carbocycles. The Kier molecular flexibility index (Phi) is 8.02. The predicted molar refractivity (Wildman–Crippen MR) is 146 cm³/mol. The van der Waals surface area contributed by atoms with E-state index in [-0.39, 0.29) is 47.7 Å². The van der Waals surface area contributed by atoms with Crippen molar-refractivity contribution in [2.45, 2.75) is 64.5 Å². The number of aryl methyl sites for hydroxylation is 1. The van der Waals surface area contributed by atoms with Crippen molar-refractivity contribution < 1.29 is 18.7 Å². The van der Waals surface area contributed by atoms with Gasteiger partial charge in [-0.2, -0.15) is 5.10 Å². The summed E-state index contributed by atoms with van der Waals surface area (Å²) in [7, 11) is 3.45. The summed E-state index contributed by atoms with van der Waals surface area (Å²) in [5, 5.41) is 7.44. The number of nitrogens with zero attached hydrogens (tertiary/aromatic N) is 4. The molecule has 3 heterocycles. The maximum absolute atomic E-state index is 16.1. The highest BCUT2D eigenvalue weighted by Gasteiger charge is 2.37. The first-order valence-electron chi connectivity index (χ1n) is 14.1. The van der Waals surface area contributed by atoms with E-state index in [9.17, 15) is 9.59 Å². The molecule has 0 spiro atoms. The lowest BCUT2D eigenvalue weighted by atomic mass is 9.79. The number of fused-ring (bicyclic) bond motifs is 1. The van der Waals surface area contributed by atoms with Crippen LogP contribution in [0, 0.1) is 23.6 Å². The number of ether oxygens (including phenoxy) is 1. The number of amides is 2. The number of hydrogen-bond acceptors (Lipinski definition) is 5. The molecule has 3 aromatic rings. The lowest BCUT2D eigenvalue weighted by Gasteiger charge is -2.32. The molecule has 2 fully saturated rings. The van der Waals surface area contributed by atoms with E-state index in [1.807, 2.05) is 13.0 Å². The van der Waals surface area contributed by atoms with Gasteiger partial charge in [-0.15, -0.1) is 0 Å². The number of imidazole rings is 1. The fourth-order valence-electron chi connectivity index (χ4n) is 6.20. The number of halogens is 1. The van der Waals surface area contributed by atoms with Crippen LogP contribution in [0.5, 0.6) is 0 Å². The summed E-state index contributed by atoms with van der Waals surface area (Å²) in [6, 6.07) is 4.89. The predicted octanol–water partition coefficient (Wildman–Crippen LogP) is 4.42. The van der Waals surface area contributed by atoms with E-state index in [2.05, 4.69) is 22.3 Å². The van der Waals surface area contributed by atoms with Crippen molar-refractivity contribution in [2.24, 2.45) is 17.8 Å². The highest BCUT2D eigenvalue weighted by Crippen LogP contribution is 2.39. The molecule has 210 valence electrons. The molecule has 3 atom stereocenters. The third-order valence-corrected chi connectivity index (χ3v) is 8.52. The zero-order valence-electron chi connectivity index (χ0n) is 23.2. The van der Waals surface area contributed by atoms with E-state index in [0.29, 0.717) is 48.1 Å². The summed E-state index contributed by atoms with van der Waals surface area (Å²) < 4.78 is 23.4. The first kappa shape index (κ1) is 27.3. The standard InChI is InChI=1S/C29H39FN6O3/c1-5-36-23(12-14-31-36)28(37)34-25(18-8-6-17(2)7-9-18)27-32-22-11-10-19(24(30)26(22)33-27)21-16-39-15-13-20(21)29(38)35(3)4/h10-12,14,17-18,20-21,25H,5-9,13,15-16H2,1-4H3,(H,32,33)(H,34,37)/t17-,18-,20?,21?,25-/m0/s1. The molecule has 2 N–H and O–H groups in total. The molecule has 5 rings (SSSR count). The van der Waals surface area contributed by atoms with Crippen LogP contribution in [0.4, 0.5) is 4.39 Å². The Balaban J connectivity index is 1.49. The highest BCUT2D eigenvalue weighted by molar-refractivity contribution is 5.92. The smallest absolute Gasteiger partial charge is 0.270 e. The van der Waals surface area contributed by atoms with Gasteiger partial charge in [-0.3, -0.25) is 14.3 Å². The third-order valence-electron chi connectivity index (χ3n) is 8.52. The van der Waals surface area contributed by atoms with Crippen molar-refractivity contribution in [2.75, 3.05) is 27.3 Å². The summed E-state index contributed by atoms with van der Waals surface area (Å²) in [6.07, 6.45) is 6.23. The zero-order chi connectivity index (χ0) is 27.7. The fourth-order valence-corrected chi connectivity index (χ4v) is 6.20. The van der Waals surface area contributed by atoms with Crippen LogP contribution in [0.2, 0.25) is 0 Å². The van der Waals surface area contributed by atoms with Gasteiger partial charge in [0.25, 0.3) is 5.91 Å². The minimum absolute atomic E-state index is 0.0221. The first-order chi connectivity index (χ1) is 18.8. The van der Waals surface area contributed by atoms with Gasteiger partial charge in [-0.1, -0.05) is 25.8 Å². The van der Waals surface area contributed by atoms with E-state index in [1.165, 1.54) is 0 Å². The number of benzene rings is 1. The minimum Gasteiger partial charge on any atom is -0.381 e. The molecule has 39 heavy (non-hydrogen) atoms. The number of rotatable bonds is 7. The molecule has 1 saturated heterocycles. The van der Waals surface area contributed by atoms with E-state index in [0.717, 1.165) is 25.7 Å². The van der Waals surface area contributed by atoms with Gasteiger partial charge < -0.3 is 19.9 Å².